The van der Waals surface area contributed by atoms with Crippen molar-refractivity contribution in [1.29, 1.82) is 0 Å². The second kappa shape index (κ2) is 11.7. The maximum absolute atomic E-state index is 6.09. The molecule has 178 valence electrons. The summed E-state index contributed by atoms with van der Waals surface area (Å²) >= 11 is 5.44. The van der Waals surface area contributed by atoms with Crippen molar-refractivity contribution in [2.24, 2.45) is 0 Å². The molecule has 0 bridgehead atoms. The van der Waals surface area contributed by atoms with Gasteiger partial charge in [0.25, 0.3) is 0 Å². The molecule has 3 N–H and O–H groups in total. The molecule has 0 saturated heterocycles. The lowest BCUT2D eigenvalue weighted by Crippen LogP contribution is -2.29. The molecule has 34 heavy (non-hydrogen) atoms. The van der Waals surface area contributed by atoms with Crippen LogP contribution in [0.2, 0.25) is 0 Å². The smallest absolute Gasteiger partial charge is 0.170 e. The number of thiocarbonyl (C=S) groups is 1. The van der Waals surface area contributed by atoms with Crippen molar-refractivity contribution in [2.45, 2.75) is 26.3 Å². The Bertz CT molecular complexity index is 1140. The predicted molar refractivity (Wildman–Crippen MR) is 141 cm³/mol. The van der Waals surface area contributed by atoms with Gasteiger partial charge in [-0.05, 0) is 73.9 Å². The number of hydrogen-bond acceptors (Lipinski definition) is 5. The molecule has 8 heteroatoms. The van der Waals surface area contributed by atoms with Gasteiger partial charge < -0.3 is 30.0 Å². The normalized spacial score (nSPS) is 13.2. The number of aromatic nitrogens is 2. The zero-order chi connectivity index (χ0) is 23.8. The van der Waals surface area contributed by atoms with Crippen LogP contribution in [-0.4, -0.2) is 41.4 Å². The second-order valence-corrected chi connectivity index (χ2v) is 8.55. The number of ether oxygens (including phenoxy) is 2. The third-order valence-corrected chi connectivity index (χ3v) is 5.97. The fourth-order valence-electron chi connectivity index (χ4n) is 3.83. The minimum Gasteiger partial charge on any atom is -0.493 e. The average molecular weight is 478 g/mol. The van der Waals surface area contributed by atoms with Crippen molar-refractivity contribution >= 4 is 28.6 Å². The molecule has 4 rings (SSSR count). The number of nitrogens with zero attached hydrogens (tertiary/aromatic N) is 2. The summed E-state index contributed by atoms with van der Waals surface area (Å²) in [5, 5.41) is 10.4. The van der Waals surface area contributed by atoms with Crippen LogP contribution in [0.15, 0.2) is 61.1 Å². The van der Waals surface area contributed by atoms with Crippen LogP contribution in [0.1, 0.15) is 24.1 Å². The highest BCUT2D eigenvalue weighted by Crippen LogP contribution is 2.34. The number of benzene rings is 2. The highest BCUT2D eigenvalue weighted by atomic mass is 32.1. The van der Waals surface area contributed by atoms with E-state index in [0.29, 0.717) is 16.6 Å². The number of hydrogen-bond donors (Lipinski definition) is 3. The van der Waals surface area contributed by atoms with Crippen molar-refractivity contribution in [3.63, 3.8) is 0 Å². The monoisotopic (exact) mass is 477 g/mol. The van der Waals surface area contributed by atoms with E-state index >= 15 is 0 Å². The largest absolute Gasteiger partial charge is 0.493 e. The Morgan fingerprint density at radius 2 is 2.03 bits per heavy atom. The zero-order valence-electron chi connectivity index (χ0n) is 19.6. The molecular formula is C26H31N5O2S. The number of anilines is 1. The van der Waals surface area contributed by atoms with Gasteiger partial charge in [0.15, 0.2) is 16.6 Å². The standard InChI is InChI=1S/C26H31N5O2S/c1-19-17-28-18-31(19)15-3-12-29-26(34)30-22-6-9-24(25(16-22)32-2)33-23-7-4-20(5-8-23)21-10-13-27-14-11-21/h4-10,16-18,27H,3,11-15H2,1-2H3,(H2,29,30,34). The summed E-state index contributed by atoms with van der Waals surface area (Å²) in [5.74, 6) is 2.05. The number of methoxy groups -OCH3 is 1. The summed E-state index contributed by atoms with van der Waals surface area (Å²) in [7, 11) is 1.63. The first-order valence-electron chi connectivity index (χ1n) is 11.5. The molecule has 1 aliphatic rings. The van der Waals surface area contributed by atoms with Crippen LogP contribution >= 0.6 is 12.2 Å². The summed E-state index contributed by atoms with van der Waals surface area (Å²) in [4.78, 5) is 4.14. The molecule has 0 amide bonds. The molecule has 0 spiro atoms. The topological polar surface area (TPSA) is 72.4 Å². The molecule has 0 fully saturated rings. The first kappa shape index (κ1) is 23.8. The molecule has 7 nitrogen and oxygen atoms in total. The molecule has 2 aromatic carbocycles. The van der Waals surface area contributed by atoms with Gasteiger partial charge in [-0.2, -0.15) is 0 Å². The summed E-state index contributed by atoms with van der Waals surface area (Å²) < 4.78 is 13.8. The first-order valence-corrected chi connectivity index (χ1v) is 11.9. The van der Waals surface area contributed by atoms with Crippen LogP contribution in [0.25, 0.3) is 5.57 Å². The van der Waals surface area contributed by atoms with Crippen LogP contribution < -0.4 is 25.4 Å². The Kier molecular flexibility index (Phi) is 8.17. The molecule has 1 aromatic heterocycles. The lowest BCUT2D eigenvalue weighted by Gasteiger charge is -2.16. The third kappa shape index (κ3) is 6.36. The molecule has 1 aliphatic heterocycles. The number of nitrogens with one attached hydrogen (secondary N) is 3. The van der Waals surface area contributed by atoms with E-state index in [2.05, 4.69) is 50.6 Å². The number of aryl methyl sites for hydroxylation is 2. The van der Waals surface area contributed by atoms with Gasteiger partial charge in [0, 0.05) is 43.3 Å². The van der Waals surface area contributed by atoms with Gasteiger partial charge in [-0.1, -0.05) is 18.2 Å². The Morgan fingerprint density at radius 3 is 2.74 bits per heavy atom. The molecule has 3 aromatic rings. The van der Waals surface area contributed by atoms with Crippen LogP contribution in [0.3, 0.4) is 0 Å². The fourth-order valence-corrected chi connectivity index (χ4v) is 4.05. The molecular weight excluding hydrogens is 446 g/mol. The molecule has 2 heterocycles. The van der Waals surface area contributed by atoms with E-state index in [1.54, 1.807) is 7.11 Å². The molecule has 0 radical (unpaired) electrons. The Balaban J connectivity index is 1.30. The van der Waals surface area contributed by atoms with Crippen molar-refractivity contribution in [1.82, 2.24) is 20.2 Å². The van der Waals surface area contributed by atoms with E-state index in [0.717, 1.165) is 56.2 Å². The Hall–Kier alpha value is -3.36. The van der Waals surface area contributed by atoms with E-state index in [9.17, 15) is 0 Å². The van der Waals surface area contributed by atoms with Crippen molar-refractivity contribution in [2.75, 3.05) is 32.1 Å². The quantitative estimate of drug-likeness (QED) is 0.304. The van der Waals surface area contributed by atoms with Crippen molar-refractivity contribution < 1.29 is 9.47 Å². The molecule has 0 atom stereocenters. The Labute approximate surface area is 206 Å². The Morgan fingerprint density at radius 1 is 1.18 bits per heavy atom. The predicted octanol–water partition coefficient (Wildman–Crippen LogP) is 4.75. The van der Waals surface area contributed by atoms with Crippen molar-refractivity contribution in [3.8, 4) is 17.2 Å². The third-order valence-electron chi connectivity index (χ3n) is 5.72. The maximum Gasteiger partial charge on any atom is 0.170 e. The molecule has 0 saturated carbocycles. The van der Waals surface area contributed by atoms with Gasteiger partial charge in [-0.25, -0.2) is 4.98 Å². The van der Waals surface area contributed by atoms with Gasteiger partial charge in [0.05, 0.1) is 13.4 Å². The van der Waals surface area contributed by atoms with Gasteiger partial charge in [-0.3, -0.25) is 0 Å². The minimum absolute atomic E-state index is 0.570. The number of rotatable bonds is 9. The van der Waals surface area contributed by atoms with E-state index < -0.39 is 0 Å². The number of imidazole rings is 1. The van der Waals surface area contributed by atoms with E-state index in [1.807, 2.05) is 42.9 Å². The molecule has 0 aliphatic carbocycles. The van der Waals surface area contributed by atoms with E-state index in [1.165, 1.54) is 11.1 Å². The van der Waals surface area contributed by atoms with Gasteiger partial charge in [0.2, 0.25) is 0 Å². The average Bonchev–Trinajstić information content (AvgIpc) is 3.28. The lowest BCUT2D eigenvalue weighted by atomic mass is 10.0. The minimum atomic E-state index is 0.570. The fraction of sp³-hybridized carbons (Fsp3) is 0.308. The van der Waals surface area contributed by atoms with Crippen LogP contribution in [0, 0.1) is 6.92 Å². The van der Waals surface area contributed by atoms with Gasteiger partial charge >= 0.3 is 0 Å². The van der Waals surface area contributed by atoms with Crippen LogP contribution in [0.4, 0.5) is 5.69 Å². The van der Waals surface area contributed by atoms with E-state index in [4.69, 9.17) is 21.7 Å². The summed E-state index contributed by atoms with van der Waals surface area (Å²) in [6.45, 7) is 5.67. The van der Waals surface area contributed by atoms with Gasteiger partial charge in [0.1, 0.15) is 5.75 Å². The maximum atomic E-state index is 6.09. The summed E-state index contributed by atoms with van der Waals surface area (Å²) in [6, 6.07) is 13.9. The second-order valence-electron chi connectivity index (χ2n) is 8.14. The van der Waals surface area contributed by atoms with Crippen molar-refractivity contribution in [3.05, 3.63) is 72.3 Å². The molecule has 0 unspecified atom stereocenters. The highest BCUT2D eigenvalue weighted by Gasteiger charge is 2.10. The summed E-state index contributed by atoms with van der Waals surface area (Å²) in [6.07, 6.45) is 7.95. The van der Waals surface area contributed by atoms with Gasteiger partial charge in [-0.15, -0.1) is 0 Å². The van der Waals surface area contributed by atoms with Crippen LogP contribution in [0.5, 0.6) is 17.2 Å². The first-order chi connectivity index (χ1) is 16.6. The van der Waals surface area contributed by atoms with E-state index in [-0.39, 0.29) is 0 Å². The van der Waals surface area contributed by atoms with Crippen LogP contribution in [-0.2, 0) is 6.54 Å². The zero-order valence-corrected chi connectivity index (χ0v) is 20.5. The highest BCUT2D eigenvalue weighted by molar-refractivity contribution is 7.80. The summed E-state index contributed by atoms with van der Waals surface area (Å²) in [5.41, 5.74) is 4.60. The lowest BCUT2D eigenvalue weighted by molar-refractivity contribution is 0.379. The SMILES string of the molecule is COc1cc(NC(=S)NCCCn2cncc2C)ccc1Oc1ccc(C2=CCNCC2)cc1.